The highest BCUT2D eigenvalue weighted by molar-refractivity contribution is 5.77. The molecular weight excluding hydrogens is 594 g/mol. The van der Waals surface area contributed by atoms with Crippen molar-refractivity contribution in [2.24, 2.45) is 0 Å². The van der Waals surface area contributed by atoms with E-state index in [2.05, 4.69) is 58.8 Å². The van der Waals surface area contributed by atoms with E-state index in [9.17, 15) is 0 Å². The van der Waals surface area contributed by atoms with E-state index >= 15 is 0 Å². The van der Waals surface area contributed by atoms with E-state index in [0.29, 0.717) is 40.5 Å². The average molecular weight is 644 g/mol. The molecule has 0 atom stereocenters. The highest BCUT2D eigenvalue weighted by Crippen LogP contribution is 2.41. The maximum atomic E-state index is 5.56. The summed E-state index contributed by atoms with van der Waals surface area (Å²) < 4.78 is 33.2. The Kier molecular flexibility index (Phi) is 12.7. The van der Waals surface area contributed by atoms with Gasteiger partial charge in [0, 0.05) is 30.9 Å². The van der Waals surface area contributed by atoms with Crippen molar-refractivity contribution < 1.29 is 28.4 Å². The summed E-state index contributed by atoms with van der Waals surface area (Å²) in [6, 6.07) is 12.5. The largest absolute Gasteiger partial charge is 0.493 e. The van der Waals surface area contributed by atoms with Crippen LogP contribution in [0.4, 0.5) is 0 Å². The molecule has 0 saturated carbocycles. The third-order valence-corrected chi connectivity index (χ3v) is 8.58. The summed E-state index contributed by atoms with van der Waals surface area (Å²) in [5.74, 6) is 3.57. The molecule has 1 aliphatic heterocycles. The first-order valence-electron chi connectivity index (χ1n) is 15.8. The van der Waals surface area contributed by atoms with Crippen LogP contribution < -0.4 is 28.4 Å². The van der Waals surface area contributed by atoms with Crippen LogP contribution in [0, 0.1) is 0 Å². The van der Waals surface area contributed by atoms with Crippen molar-refractivity contribution in [1.29, 1.82) is 0 Å². The molecule has 1 aromatic heterocycles. The second-order valence-electron chi connectivity index (χ2n) is 11.5. The Morgan fingerprint density at radius 2 is 1.40 bits per heavy atom. The Morgan fingerprint density at radius 1 is 0.851 bits per heavy atom. The number of benzene rings is 2. The Morgan fingerprint density at radius 3 is 1.91 bits per heavy atom. The lowest BCUT2D eigenvalue weighted by molar-refractivity contribution is 0.130. The molecule has 0 N–H and O–H groups in total. The van der Waals surface area contributed by atoms with Gasteiger partial charge in [0.1, 0.15) is 0 Å². The smallest absolute Gasteiger partial charge is 0.203 e. The van der Waals surface area contributed by atoms with Crippen molar-refractivity contribution in [3.05, 3.63) is 84.1 Å². The van der Waals surface area contributed by atoms with Gasteiger partial charge in [-0.1, -0.05) is 24.8 Å². The molecular formula is C38H49N3O6. The van der Waals surface area contributed by atoms with Crippen molar-refractivity contribution >= 4 is 5.57 Å². The molecule has 9 nitrogen and oxygen atoms in total. The quantitative estimate of drug-likeness (QED) is 0.164. The van der Waals surface area contributed by atoms with Crippen LogP contribution in [-0.2, 0) is 6.54 Å². The second kappa shape index (κ2) is 16.9. The summed E-state index contributed by atoms with van der Waals surface area (Å²) in [5, 5.41) is 0. The number of rotatable bonds is 15. The van der Waals surface area contributed by atoms with Crippen LogP contribution in [0.3, 0.4) is 0 Å². The lowest BCUT2D eigenvalue weighted by atomic mass is 10.00. The molecule has 9 heteroatoms. The maximum absolute atomic E-state index is 5.56. The van der Waals surface area contributed by atoms with Crippen molar-refractivity contribution in [3.63, 3.8) is 0 Å². The molecule has 2 aromatic carbocycles. The first-order valence-corrected chi connectivity index (χ1v) is 15.8. The number of aromatic nitrogens is 1. The number of ether oxygens (including phenoxy) is 6. The molecule has 0 spiro atoms. The normalized spacial score (nSPS) is 14.4. The molecule has 4 rings (SSSR count). The first kappa shape index (κ1) is 35.4. The van der Waals surface area contributed by atoms with Crippen molar-refractivity contribution in [2.45, 2.75) is 32.4 Å². The molecule has 0 radical (unpaired) electrons. The zero-order chi connectivity index (χ0) is 33.9. The van der Waals surface area contributed by atoms with Crippen LogP contribution in [0.5, 0.6) is 34.5 Å². The summed E-state index contributed by atoms with van der Waals surface area (Å²) >= 11 is 0. The van der Waals surface area contributed by atoms with Gasteiger partial charge in [-0.05, 0) is 98.6 Å². The standard InChI is InChI=1S/C38H49N3O6/c1-10-11-27(18-26(2)29-20-33(42-4)37(46-8)34(21-29)43-5)25-41-16-13-31(14-17-41)40(3)24-28-12-15-39-32(19-28)30-22-35(44-6)38(47-9)36(23-30)45-7/h10-12,15,18-23,31H,2,13-14,16-17,24-25H2,1,3-9H3/b11-10-,27-18+. The minimum Gasteiger partial charge on any atom is -0.493 e. The minimum atomic E-state index is 0.493. The fourth-order valence-corrected chi connectivity index (χ4v) is 6.09. The second-order valence-corrected chi connectivity index (χ2v) is 11.5. The van der Waals surface area contributed by atoms with Gasteiger partial charge in [0.25, 0.3) is 0 Å². The van der Waals surface area contributed by atoms with Crippen LogP contribution >= 0.6 is 0 Å². The number of piperidine rings is 1. The van der Waals surface area contributed by atoms with E-state index in [-0.39, 0.29) is 0 Å². The van der Waals surface area contributed by atoms with Crippen LogP contribution in [0.15, 0.2) is 73.0 Å². The minimum absolute atomic E-state index is 0.493. The van der Waals surface area contributed by atoms with Gasteiger partial charge in [-0.15, -0.1) is 0 Å². The fraction of sp³-hybridized carbons (Fsp3) is 0.395. The predicted octanol–water partition coefficient (Wildman–Crippen LogP) is 6.91. The summed E-state index contributed by atoms with van der Waals surface area (Å²) in [6.07, 6.45) is 10.4. The lowest BCUT2D eigenvalue weighted by Crippen LogP contribution is -2.43. The van der Waals surface area contributed by atoms with Crippen molar-refractivity contribution in [2.75, 3.05) is 69.3 Å². The van der Waals surface area contributed by atoms with Crippen LogP contribution in [-0.4, -0.2) is 90.2 Å². The highest BCUT2D eigenvalue weighted by atomic mass is 16.5. The number of methoxy groups -OCH3 is 6. The van der Waals surface area contributed by atoms with Gasteiger partial charge >= 0.3 is 0 Å². The molecule has 0 amide bonds. The third kappa shape index (κ3) is 8.67. The number of likely N-dealkylation sites (tertiary alicyclic amines) is 1. The number of pyridine rings is 1. The van der Waals surface area contributed by atoms with Gasteiger partial charge in [-0.2, -0.15) is 0 Å². The third-order valence-electron chi connectivity index (χ3n) is 8.58. The summed E-state index contributed by atoms with van der Waals surface area (Å²) in [7, 11) is 11.9. The monoisotopic (exact) mass is 643 g/mol. The molecule has 252 valence electrons. The SMILES string of the molecule is C=C(/C=C(\C=C/C)CN1CCC(N(C)Cc2ccnc(-c3cc(OC)c(OC)c(OC)c3)c2)CC1)c1cc(OC)c(OC)c(OC)c1. The predicted molar refractivity (Wildman–Crippen MR) is 188 cm³/mol. The van der Waals surface area contributed by atoms with E-state index in [4.69, 9.17) is 28.4 Å². The average Bonchev–Trinajstić information content (AvgIpc) is 3.10. The highest BCUT2D eigenvalue weighted by Gasteiger charge is 2.23. The van der Waals surface area contributed by atoms with Gasteiger partial charge < -0.3 is 28.4 Å². The molecule has 1 saturated heterocycles. The van der Waals surface area contributed by atoms with Gasteiger partial charge in [0.2, 0.25) is 11.5 Å². The van der Waals surface area contributed by atoms with E-state index in [1.54, 1.807) is 42.7 Å². The van der Waals surface area contributed by atoms with Gasteiger partial charge in [0.05, 0.1) is 48.4 Å². The Bertz CT molecular complexity index is 1530. The first-order chi connectivity index (χ1) is 22.8. The molecule has 0 bridgehead atoms. The van der Waals surface area contributed by atoms with E-state index < -0.39 is 0 Å². The number of hydrogen-bond acceptors (Lipinski definition) is 9. The maximum Gasteiger partial charge on any atom is 0.203 e. The van der Waals surface area contributed by atoms with E-state index in [0.717, 1.165) is 61.4 Å². The molecule has 3 aromatic rings. The summed E-state index contributed by atoms with van der Waals surface area (Å²) in [5.41, 5.74) is 5.99. The van der Waals surface area contributed by atoms with Crippen LogP contribution in [0.1, 0.15) is 30.9 Å². The van der Waals surface area contributed by atoms with Gasteiger partial charge in [-0.3, -0.25) is 14.8 Å². The number of hydrogen-bond donors (Lipinski definition) is 0. The van der Waals surface area contributed by atoms with E-state index in [1.165, 1.54) is 11.1 Å². The van der Waals surface area contributed by atoms with Gasteiger partial charge in [-0.25, -0.2) is 0 Å². The fourth-order valence-electron chi connectivity index (χ4n) is 6.09. The number of nitrogens with zero attached hydrogens (tertiary/aromatic N) is 3. The Labute approximate surface area is 280 Å². The van der Waals surface area contributed by atoms with Crippen LogP contribution in [0.2, 0.25) is 0 Å². The molecule has 2 heterocycles. The zero-order valence-electron chi connectivity index (χ0n) is 29.1. The van der Waals surface area contributed by atoms with Gasteiger partial charge in [0.15, 0.2) is 23.0 Å². The lowest BCUT2D eigenvalue weighted by Gasteiger charge is -2.37. The summed E-state index contributed by atoms with van der Waals surface area (Å²) in [4.78, 5) is 9.62. The Balaban J connectivity index is 1.39. The molecule has 0 unspecified atom stereocenters. The summed E-state index contributed by atoms with van der Waals surface area (Å²) in [6.45, 7) is 10.1. The zero-order valence-corrected chi connectivity index (χ0v) is 29.1. The van der Waals surface area contributed by atoms with E-state index in [1.807, 2.05) is 37.4 Å². The Hall–Kier alpha value is -4.47. The van der Waals surface area contributed by atoms with Crippen molar-refractivity contribution in [1.82, 2.24) is 14.8 Å². The van der Waals surface area contributed by atoms with Crippen molar-refractivity contribution in [3.8, 4) is 45.8 Å². The number of allylic oxidation sites excluding steroid dienone is 3. The molecule has 47 heavy (non-hydrogen) atoms. The van der Waals surface area contributed by atoms with Crippen LogP contribution in [0.25, 0.3) is 16.8 Å². The molecule has 1 fully saturated rings. The molecule has 0 aliphatic carbocycles. The topological polar surface area (TPSA) is 74.8 Å². The molecule has 1 aliphatic rings.